The van der Waals surface area contributed by atoms with Crippen LogP contribution in [0.2, 0.25) is 0 Å². The van der Waals surface area contributed by atoms with E-state index in [1.807, 2.05) is 0 Å². The Balaban J connectivity index is 1.94. The molecule has 0 aliphatic heterocycles. The molecule has 2 N–H and O–H groups in total. The molecule has 2 aromatic carbocycles. The Bertz CT molecular complexity index is 686. The van der Waals surface area contributed by atoms with Gasteiger partial charge in [0.1, 0.15) is 5.75 Å². The van der Waals surface area contributed by atoms with Gasteiger partial charge < -0.3 is 15.2 Å². The van der Waals surface area contributed by atoms with E-state index in [9.17, 15) is 18.0 Å². The minimum atomic E-state index is -4.47. The summed E-state index contributed by atoms with van der Waals surface area (Å²) in [7, 11) is 0. The van der Waals surface area contributed by atoms with E-state index in [1.54, 1.807) is 24.3 Å². The average molecular weight is 325 g/mol. The number of halogens is 3. The first-order chi connectivity index (χ1) is 10.9. The Morgan fingerprint density at radius 1 is 1.13 bits per heavy atom. The summed E-state index contributed by atoms with van der Waals surface area (Å²) in [6.45, 7) is -0.588. The zero-order chi connectivity index (χ0) is 16.9. The SMILES string of the molecule is O=C(COc1cccc(C(F)(F)F)c1)Nc1cccc(CO)c1. The van der Waals surface area contributed by atoms with Crippen molar-refractivity contribution in [2.75, 3.05) is 11.9 Å². The van der Waals surface area contributed by atoms with Gasteiger partial charge in [0.15, 0.2) is 6.61 Å². The Labute approximate surface area is 130 Å². The summed E-state index contributed by atoms with van der Waals surface area (Å²) >= 11 is 0. The molecule has 0 spiro atoms. The van der Waals surface area contributed by atoms with Crippen LogP contribution in [0.4, 0.5) is 18.9 Å². The zero-order valence-electron chi connectivity index (χ0n) is 11.9. The van der Waals surface area contributed by atoms with Gasteiger partial charge in [0, 0.05) is 5.69 Å². The van der Waals surface area contributed by atoms with Crippen molar-refractivity contribution in [3.05, 3.63) is 59.7 Å². The van der Waals surface area contributed by atoms with Crippen LogP contribution >= 0.6 is 0 Å². The summed E-state index contributed by atoms with van der Waals surface area (Å²) in [6, 6.07) is 10.9. The van der Waals surface area contributed by atoms with Gasteiger partial charge in [-0.3, -0.25) is 4.79 Å². The van der Waals surface area contributed by atoms with Gasteiger partial charge in [-0.1, -0.05) is 18.2 Å². The third-order valence-corrected chi connectivity index (χ3v) is 2.92. The number of hydrogen-bond acceptors (Lipinski definition) is 3. The van der Waals surface area contributed by atoms with Crippen LogP contribution in [0.25, 0.3) is 0 Å². The van der Waals surface area contributed by atoms with Gasteiger partial charge >= 0.3 is 6.18 Å². The maximum atomic E-state index is 12.6. The van der Waals surface area contributed by atoms with Gasteiger partial charge in [-0.2, -0.15) is 13.2 Å². The number of carbonyl (C=O) groups excluding carboxylic acids is 1. The lowest BCUT2D eigenvalue weighted by Crippen LogP contribution is -2.20. The van der Waals surface area contributed by atoms with E-state index in [-0.39, 0.29) is 12.4 Å². The van der Waals surface area contributed by atoms with Crippen molar-refractivity contribution in [2.45, 2.75) is 12.8 Å². The number of aliphatic hydroxyl groups is 1. The molecule has 2 aromatic rings. The first-order valence-electron chi connectivity index (χ1n) is 6.68. The van der Waals surface area contributed by atoms with Crippen LogP contribution in [-0.4, -0.2) is 17.6 Å². The number of aliphatic hydroxyl groups excluding tert-OH is 1. The fourth-order valence-electron chi connectivity index (χ4n) is 1.86. The molecule has 0 atom stereocenters. The van der Waals surface area contributed by atoms with Crippen LogP contribution in [0.3, 0.4) is 0 Å². The first kappa shape index (κ1) is 16.8. The number of anilines is 1. The number of alkyl halides is 3. The van der Waals surface area contributed by atoms with Crippen LogP contribution < -0.4 is 10.1 Å². The monoisotopic (exact) mass is 325 g/mol. The second-order valence-electron chi connectivity index (χ2n) is 4.72. The standard InChI is InChI=1S/C16H14F3NO3/c17-16(18,19)12-4-2-6-14(8-12)23-10-15(22)20-13-5-1-3-11(7-13)9-21/h1-8,21H,9-10H2,(H,20,22). The van der Waals surface area contributed by atoms with E-state index in [0.29, 0.717) is 11.3 Å². The minimum Gasteiger partial charge on any atom is -0.484 e. The predicted molar refractivity (Wildman–Crippen MR) is 77.9 cm³/mol. The van der Waals surface area contributed by atoms with Gasteiger partial charge in [0.25, 0.3) is 5.91 Å². The Morgan fingerprint density at radius 3 is 2.57 bits per heavy atom. The Hall–Kier alpha value is -2.54. The van der Waals surface area contributed by atoms with Crippen LogP contribution in [0, 0.1) is 0 Å². The van der Waals surface area contributed by atoms with E-state index >= 15 is 0 Å². The molecule has 4 nitrogen and oxygen atoms in total. The maximum absolute atomic E-state index is 12.6. The van der Waals surface area contributed by atoms with Gasteiger partial charge in [0.2, 0.25) is 0 Å². The van der Waals surface area contributed by atoms with Crippen molar-refractivity contribution < 1.29 is 27.8 Å². The number of nitrogens with one attached hydrogen (secondary N) is 1. The quantitative estimate of drug-likeness (QED) is 0.887. The molecule has 0 fully saturated rings. The fraction of sp³-hybridized carbons (Fsp3) is 0.188. The topological polar surface area (TPSA) is 58.6 Å². The molecule has 122 valence electrons. The molecule has 0 heterocycles. The van der Waals surface area contributed by atoms with Crippen molar-refractivity contribution in [3.8, 4) is 5.75 Å². The largest absolute Gasteiger partial charge is 0.484 e. The van der Waals surface area contributed by atoms with Gasteiger partial charge in [-0.05, 0) is 35.9 Å². The van der Waals surface area contributed by atoms with Gasteiger partial charge in [-0.15, -0.1) is 0 Å². The summed E-state index contributed by atoms with van der Waals surface area (Å²) < 4.78 is 42.8. The summed E-state index contributed by atoms with van der Waals surface area (Å²) in [5.74, 6) is -0.559. The lowest BCUT2D eigenvalue weighted by Gasteiger charge is -2.10. The van der Waals surface area contributed by atoms with Crippen molar-refractivity contribution >= 4 is 11.6 Å². The van der Waals surface area contributed by atoms with Crippen molar-refractivity contribution in [1.29, 1.82) is 0 Å². The molecule has 0 bridgehead atoms. The molecule has 0 saturated heterocycles. The number of benzene rings is 2. The Kier molecular flexibility index (Phi) is 5.23. The normalized spacial score (nSPS) is 11.1. The number of ether oxygens (including phenoxy) is 1. The molecule has 0 aliphatic carbocycles. The number of rotatable bonds is 5. The summed E-state index contributed by atoms with van der Waals surface area (Å²) in [4.78, 5) is 11.7. The minimum absolute atomic E-state index is 0.0425. The zero-order valence-corrected chi connectivity index (χ0v) is 11.9. The molecular formula is C16H14F3NO3. The van der Waals surface area contributed by atoms with Crippen LogP contribution in [0.1, 0.15) is 11.1 Å². The molecule has 1 amide bonds. The molecule has 2 rings (SSSR count). The van der Waals surface area contributed by atoms with Crippen molar-refractivity contribution in [3.63, 3.8) is 0 Å². The fourth-order valence-corrected chi connectivity index (χ4v) is 1.86. The van der Waals surface area contributed by atoms with E-state index in [2.05, 4.69) is 5.32 Å². The van der Waals surface area contributed by atoms with Crippen LogP contribution in [-0.2, 0) is 17.6 Å². The molecular weight excluding hydrogens is 311 g/mol. The highest BCUT2D eigenvalue weighted by molar-refractivity contribution is 5.91. The molecule has 0 aliphatic rings. The average Bonchev–Trinajstić information content (AvgIpc) is 2.52. The van der Waals surface area contributed by atoms with E-state index in [0.717, 1.165) is 12.1 Å². The molecule has 0 saturated carbocycles. The second kappa shape index (κ2) is 7.15. The first-order valence-corrected chi connectivity index (χ1v) is 6.68. The highest BCUT2D eigenvalue weighted by atomic mass is 19.4. The lowest BCUT2D eigenvalue weighted by atomic mass is 10.2. The number of hydrogen-bond donors (Lipinski definition) is 2. The molecule has 23 heavy (non-hydrogen) atoms. The van der Waals surface area contributed by atoms with Crippen molar-refractivity contribution in [1.82, 2.24) is 0 Å². The van der Waals surface area contributed by atoms with E-state index < -0.39 is 24.3 Å². The molecule has 0 radical (unpaired) electrons. The Morgan fingerprint density at radius 2 is 1.87 bits per heavy atom. The highest BCUT2D eigenvalue weighted by Crippen LogP contribution is 2.31. The second-order valence-corrected chi connectivity index (χ2v) is 4.72. The third-order valence-electron chi connectivity index (χ3n) is 2.92. The summed E-state index contributed by atoms with van der Waals surface area (Å²) in [5, 5.41) is 11.5. The summed E-state index contributed by atoms with van der Waals surface area (Å²) in [6.07, 6.45) is -4.47. The maximum Gasteiger partial charge on any atom is 0.416 e. The lowest BCUT2D eigenvalue weighted by molar-refractivity contribution is -0.137. The smallest absolute Gasteiger partial charge is 0.416 e. The predicted octanol–water partition coefficient (Wildman–Crippen LogP) is 3.22. The highest BCUT2D eigenvalue weighted by Gasteiger charge is 2.30. The van der Waals surface area contributed by atoms with Gasteiger partial charge in [0.05, 0.1) is 12.2 Å². The summed E-state index contributed by atoms with van der Waals surface area (Å²) in [5.41, 5.74) is 0.252. The number of carbonyl (C=O) groups is 1. The van der Waals surface area contributed by atoms with Crippen LogP contribution in [0.15, 0.2) is 48.5 Å². The molecule has 0 aromatic heterocycles. The van der Waals surface area contributed by atoms with Crippen molar-refractivity contribution in [2.24, 2.45) is 0 Å². The number of amides is 1. The molecule has 7 heteroatoms. The molecule has 0 unspecified atom stereocenters. The van der Waals surface area contributed by atoms with Gasteiger partial charge in [-0.25, -0.2) is 0 Å². The van der Waals surface area contributed by atoms with E-state index in [4.69, 9.17) is 9.84 Å². The third kappa shape index (κ3) is 5.00. The van der Waals surface area contributed by atoms with E-state index in [1.165, 1.54) is 12.1 Å². The van der Waals surface area contributed by atoms with Crippen LogP contribution in [0.5, 0.6) is 5.75 Å².